The summed E-state index contributed by atoms with van der Waals surface area (Å²) < 4.78 is 0. The van der Waals surface area contributed by atoms with Gasteiger partial charge in [0.2, 0.25) is 47.3 Å². The first kappa shape index (κ1) is 61.1. The summed E-state index contributed by atoms with van der Waals surface area (Å²) in [6.45, 7) is 5.11. The molecule has 0 radical (unpaired) electrons. The number of guanidine groups is 1. The standard InChI is InChI=1S/C45H71N13O13S2/c1-21(2)15-30(53-36(62)26(46)19-72)43(69)58-14-8-12-33(58)40(66)54-31(18-59)39(65)57-34(22(3)60)41(67)51-28(11-7-13-49-45(47)48)37(63)52-29(16-24-17-50-27-10-6-5-9-25(24)27)38(64)56-35(23(4)61)42(68)55-32(20-73)44(70)71/h5-6,9-10,17,21-23,26,28-35,50,59-61,72-73H,7-8,11-16,18-20,46H2,1-4H3,(H,51,67)(H,52,63)(H,53,62)(H,54,66)(H,55,68)(H,56,64)(H,57,65)(H,70,71)(H4,47,48,49)/t22-,23-,26+,28+,29+,30+,31+,32+,33+,34+,35+/m1/s1. The number of carboxylic acids is 1. The van der Waals surface area contributed by atoms with Gasteiger partial charge in [-0.25, -0.2) is 4.79 Å². The maximum Gasteiger partial charge on any atom is 0.327 e. The number of thiol groups is 2. The van der Waals surface area contributed by atoms with E-state index in [1.807, 2.05) is 13.8 Å². The number of likely N-dealkylation sites (tertiary alicyclic amines) is 1. The normalized spacial score (nSPS) is 17.5. The van der Waals surface area contributed by atoms with E-state index in [1.54, 1.807) is 30.5 Å². The number of aliphatic hydroxyl groups excluding tert-OH is 3. The van der Waals surface area contributed by atoms with Gasteiger partial charge in [-0.3, -0.25) is 43.3 Å². The summed E-state index contributed by atoms with van der Waals surface area (Å²) in [6.07, 6.45) is -1.25. The molecule has 1 fully saturated rings. The van der Waals surface area contributed by atoms with Crippen molar-refractivity contribution in [2.45, 2.75) is 133 Å². The van der Waals surface area contributed by atoms with Crippen molar-refractivity contribution >= 4 is 95.3 Å². The molecule has 18 N–H and O–H groups in total. The number of aliphatic carboxylic acids is 1. The average Bonchev–Trinajstić information content (AvgIpc) is 4.00. The lowest BCUT2D eigenvalue weighted by Gasteiger charge is -2.31. The van der Waals surface area contributed by atoms with E-state index in [9.17, 15) is 63.6 Å². The number of hydrogen-bond donors (Lipinski definition) is 17. The Labute approximate surface area is 432 Å². The number of aromatic amines is 1. The number of nitrogens with one attached hydrogen (secondary N) is 8. The molecular formula is C45H71N13O13S2. The largest absolute Gasteiger partial charge is 0.480 e. The third kappa shape index (κ3) is 18.4. The number of hydrogen-bond acceptors (Lipinski definition) is 16. The first-order valence-corrected chi connectivity index (χ1v) is 24.9. The summed E-state index contributed by atoms with van der Waals surface area (Å²) in [5.41, 5.74) is 18.0. The number of nitrogens with zero attached hydrogens (tertiary/aromatic N) is 2. The lowest BCUT2D eigenvalue weighted by molar-refractivity contribution is -0.143. The summed E-state index contributed by atoms with van der Waals surface area (Å²) in [5, 5.41) is 58.8. The van der Waals surface area contributed by atoms with E-state index in [1.165, 1.54) is 11.8 Å². The topological polar surface area (TPSA) is 428 Å². The fourth-order valence-corrected chi connectivity index (χ4v) is 8.23. The van der Waals surface area contributed by atoms with Crippen LogP contribution in [0.4, 0.5) is 0 Å². The minimum Gasteiger partial charge on any atom is -0.480 e. The van der Waals surface area contributed by atoms with Crippen molar-refractivity contribution in [1.29, 1.82) is 0 Å². The van der Waals surface area contributed by atoms with E-state index in [-0.39, 0.29) is 68.6 Å². The fraction of sp³-hybridized carbons (Fsp3) is 0.600. The van der Waals surface area contributed by atoms with Gasteiger partial charge in [-0.2, -0.15) is 25.3 Å². The number of aliphatic imine (C=N–C) groups is 1. The predicted octanol–water partition coefficient (Wildman–Crippen LogP) is -4.78. The van der Waals surface area contributed by atoms with Gasteiger partial charge in [-0.15, -0.1) is 0 Å². The van der Waals surface area contributed by atoms with Gasteiger partial charge in [0, 0.05) is 48.1 Å². The SMILES string of the molecule is CC(C)C[C@H](NC(=O)[C@@H](N)CS)C(=O)N1CCC[C@H]1C(=O)N[C@@H](CO)C(=O)N[C@H](C(=O)N[C@@H](CCCN=C(N)N)C(=O)N[C@@H](Cc1c[nH]c2ccccc12)C(=O)N[C@H](C(=O)N[C@@H](CS)C(=O)O)[C@@H](C)O)[C@@H](C)O. The van der Waals surface area contributed by atoms with Crippen LogP contribution in [0.1, 0.15) is 65.4 Å². The van der Waals surface area contributed by atoms with E-state index in [0.29, 0.717) is 22.9 Å². The molecule has 0 bridgehead atoms. The van der Waals surface area contributed by atoms with Crippen LogP contribution in [-0.4, -0.2) is 187 Å². The molecule has 0 unspecified atom stereocenters. The summed E-state index contributed by atoms with van der Waals surface area (Å²) in [6, 6.07) is -5.98. The maximum atomic E-state index is 14.3. The number of aromatic nitrogens is 1. The zero-order chi connectivity index (χ0) is 54.7. The Morgan fingerprint density at radius 1 is 0.753 bits per heavy atom. The van der Waals surface area contributed by atoms with Crippen molar-refractivity contribution in [3.8, 4) is 0 Å². The van der Waals surface area contributed by atoms with E-state index in [4.69, 9.17) is 17.2 Å². The molecule has 1 aromatic carbocycles. The maximum absolute atomic E-state index is 14.3. The van der Waals surface area contributed by atoms with Crippen LogP contribution in [0.5, 0.6) is 0 Å². The summed E-state index contributed by atoms with van der Waals surface area (Å²) in [5.74, 6) is -9.38. The lowest BCUT2D eigenvalue weighted by atomic mass is 10.0. The van der Waals surface area contributed by atoms with Gasteiger partial charge in [-0.1, -0.05) is 32.0 Å². The Kier molecular flexibility index (Phi) is 24.7. The van der Waals surface area contributed by atoms with Crippen LogP contribution < -0.4 is 54.4 Å². The Bertz CT molecular complexity index is 2280. The number of aliphatic hydroxyl groups is 3. The number of carbonyl (C=O) groups excluding carboxylic acids is 8. The highest BCUT2D eigenvalue weighted by Gasteiger charge is 2.41. The van der Waals surface area contributed by atoms with Gasteiger partial charge in [-0.05, 0) is 63.5 Å². The molecule has 1 aliphatic heterocycles. The van der Waals surface area contributed by atoms with Crippen molar-refractivity contribution in [1.82, 2.24) is 47.1 Å². The van der Waals surface area contributed by atoms with Crippen molar-refractivity contribution in [3.63, 3.8) is 0 Å². The molecular weight excluding hydrogens is 995 g/mol. The number of H-pyrrole nitrogens is 1. The summed E-state index contributed by atoms with van der Waals surface area (Å²) in [7, 11) is 0. The second-order valence-corrected chi connectivity index (χ2v) is 18.8. The third-order valence-corrected chi connectivity index (χ3v) is 12.5. The molecule has 1 aliphatic rings. The molecule has 2 aromatic rings. The van der Waals surface area contributed by atoms with Crippen LogP contribution in [0.25, 0.3) is 10.9 Å². The molecule has 0 saturated carbocycles. The van der Waals surface area contributed by atoms with Crippen LogP contribution in [0.3, 0.4) is 0 Å². The zero-order valence-electron chi connectivity index (χ0n) is 41.1. The number of nitrogens with two attached hydrogens (primary N) is 3. The monoisotopic (exact) mass is 1070 g/mol. The number of carboxylic acid groups (broad SMARTS) is 1. The molecule has 11 atom stereocenters. The van der Waals surface area contributed by atoms with Crippen LogP contribution in [-0.2, 0) is 49.6 Å². The molecule has 2 heterocycles. The summed E-state index contributed by atoms with van der Waals surface area (Å²) in [4.78, 5) is 129. The third-order valence-electron chi connectivity index (χ3n) is 11.7. The minimum atomic E-state index is -1.83. The van der Waals surface area contributed by atoms with Crippen molar-refractivity contribution in [2.24, 2.45) is 28.1 Å². The average molecular weight is 1070 g/mol. The second-order valence-electron chi connectivity index (χ2n) is 18.1. The number of benzene rings is 1. The molecule has 3 rings (SSSR count). The number of rotatable bonds is 29. The highest BCUT2D eigenvalue weighted by molar-refractivity contribution is 7.80. The van der Waals surface area contributed by atoms with Gasteiger partial charge >= 0.3 is 5.97 Å². The number of fused-ring (bicyclic) bond motifs is 1. The highest BCUT2D eigenvalue weighted by Crippen LogP contribution is 2.22. The van der Waals surface area contributed by atoms with Crippen molar-refractivity contribution < 1.29 is 63.6 Å². The minimum absolute atomic E-state index is 0.0181. The Hall–Kier alpha value is -6.20. The number of para-hydroxylation sites is 1. The fourth-order valence-electron chi connectivity index (χ4n) is 7.82. The number of amides is 8. The smallest absolute Gasteiger partial charge is 0.327 e. The van der Waals surface area contributed by atoms with E-state index < -0.39 is 126 Å². The van der Waals surface area contributed by atoms with Gasteiger partial charge in [0.1, 0.15) is 48.3 Å². The predicted molar refractivity (Wildman–Crippen MR) is 273 cm³/mol. The molecule has 1 saturated heterocycles. The molecule has 28 heteroatoms. The Morgan fingerprint density at radius 2 is 1.32 bits per heavy atom. The molecule has 0 aliphatic carbocycles. The molecule has 73 heavy (non-hydrogen) atoms. The molecule has 1 aromatic heterocycles. The Morgan fingerprint density at radius 3 is 1.86 bits per heavy atom. The van der Waals surface area contributed by atoms with Crippen LogP contribution in [0.2, 0.25) is 0 Å². The lowest BCUT2D eigenvalue weighted by Crippen LogP contribution is -2.63. The van der Waals surface area contributed by atoms with Gasteiger partial charge in [0.25, 0.3) is 0 Å². The van der Waals surface area contributed by atoms with Crippen LogP contribution >= 0.6 is 25.3 Å². The zero-order valence-corrected chi connectivity index (χ0v) is 42.9. The first-order valence-electron chi connectivity index (χ1n) is 23.6. The van der Waals surface area contributed by atoms with E-state index >= 15 is 0 Å². The Balaban J connectivity index is 1.88. The molecule has 8 amide bonds. The molecule has 406 valence electrons. The second kappa shape index (κ2) is 29.5. The van der Waals surface area contributed by atoms with E-state index in [2.05, 4.69) is 72.5 Å². The first-order chi connectivity index (χ1) is 34.4. The van der Waals surface area contributed by atoms with Gasteiger partial charge < -0.3 is 84.7 Å². The van der Waals surface area contributed by atoms with Gasteiger partial charge in [0.15, 0.2) is 5.96 Å². The van der Waals surface area contributed by atoms with Crippen LogP contribution in [0.15, 0.2) is 35.5 Å². The van der Waals surface area contributed by atoms with Crippen molar-refractivity contribution in [2.75, 3.05) is 31.2 Å². The number of carbonyl (C=O) groups is 9. The van der Waals surface area contributed by atoms with Crippen molar-refractivity contribution in [3.05, 3.63) is 36.0 Å². The highest BCUT2D eigenvalue weighted by atomic mass is 32.1. The van der Waals surface area contributed by atoms with Gasteiger partial charge in [0.05, 0.1) is 24.9 Å². The quantitative estimate of drug-likeness (QED) is 0.0157. The summed E-state index contributed by atoms with van der Waals surface area (Å²) >= 11 is 7.98. The molecule has 26 nitrogen and oxygen atoms in total. The van der Waals surface area contributed by atoms with Crippen LogP contribution in [0, 0.1) is 5.92 Å². The van der Waals surface area contributed by atoms with E-state index in [0.717, 1.165) is 6.92 Å². The molecule has 0 spiro atoms.